The molecule has 1 aliphatic rings. The number of carbonyl (C=O) groups excluding carboxylic acids is 4. The molecule has 0 bridgehead atoms. The summed E-state index contributed by atoms with van der Waals surface area (Å²) < 4.78 is 8.83. The topological polar surface area (TPSA) is 93.2 Å². The van der Waals surface area contributed by atoms with Gasteiger partial charge in [0.05, 0.1) is 14.2 Å². The van der Waals surface area contributed by atoms with Gasteiger partial charge in [0.15, 0.2) is 0 Å². The first-order valence-electron chi connectivity index (χ1n) is 5.21. The van der Waals surface area contributed by atoms with Crippen LogP contribution in [0.25, 0.3) is 0 Å². The molecule has 1 fully saturated rings. The maximum absolute atomic E-state index is 11.6. The molecule has 0 aliphatic carbocycles. The minimum absolute atomic E-state index is 0.177. The summed E-state index contributed by atoms with van der Waals surface area (Å²) in [6.07, 6.45) is 0. The standard InChI is InChI=1S/C10H14N2O6/c1-17-7(13)5-11-3-4-12(6-8(14)18-2)10(16)9(11)15/h3-6H2,1-2H3. The largest absolute Gasteiger partial charge is 0.468 e. The molecule has 1 rings (SSSR count). The lowest BCUT2D eigenvalue weighted by atomic mass is 10.3. The second-order valence-corrected chi connectivity index (χ2v) is 3.61. The zero-order valence-corrected chi connectivity index (χ0v) is 10.2. The monoisotopic (exact) mass is 258 g/mol. The van der Waals surface area contributed by atoms with Gasteiger partial charge in [-0.1, -0.05) is 0 Å². The molecule has 1 heterocycles. The average Bonchev–Trinajstić information content (AvgIpc) is 2.37. The van der Waals surface area contributed by atoms with Crippen molar-refractivity contribution >= 4 is 23.8 Å². The van der Waals surface area contributed by atoms with Crippen LogP contribution in [-0.2, 0) is 28.7 Å². The van der Waals surface area contributed by atoms with E-state index in [2.05, 4.69) is 9.47 Å². The zero-order chi connectivity index (χ0) is 13.7. The second kappa shape index (κ2) is 5.99. The molecule has 8 heteroatoms. The van der Waals surface area contributed by atoms with Gasteiger partial charge in [-0.3, -0.25) is 19.2 Å². The summed E-state index contributed by atoms with van der Waals surface area (Å²) in [6.45, 7) is -0.187. The van der Waals surface area contributed by atoms with Crippen LogP contribution in [0.15, 0.2) is 0 Å². The van der Waals surface area contributed by atoms with Crippen molar-refractivity contribution in [2.45, 2.75) is 0 Å². The molecule has 0 aromatic rings. The van der Waals surface area contributed by atoms with Crippen LogP contribution in [0, 0.1) is 0 Å². The smallest absolute Gasteiger partial charge is 0.325 e. The summed E-state index contributed by atoms with van der Waals surface area (Å²) in [6, 6.07) is 0. The first kappa shape index (κ1) is 13.9. The first-order chi connectivity index (χ1) is 8.49. The van der Waals surface area contributed by atoms with Crippen molar-refractivity contribution in [2.75, 3.05) is 40.4 Å². The lowest BCUT2D eigenvalue weighted by Crippen LogP contribution is -2.56. The molecule has 18 heavy (non-hydrogen) atoms. The molecule has 0 radical (unpaired) electrons. The van der Waals surface area contributed by atoms with E-state index in [0.717, 1.165) is 9.80 Å². The third-order valence-electron chi connectivity index (χ3n) is 2.49. The highest BCUT2D eigenvalue weighted by Crippen LogP contribution is 2.05. The van der Waals surface area contributed by atoms with Crippen molar-refractivity contribution < 1.29 is 28.7 Å². The highest BCUT2D eigenvalue weighted by atomic mass is 16.5. The molecular weight excluding hydrogens is 244 g/mol. The van der Waals surface area contributed by atoms with Crippen LogP contribution in [-0.4, -0.2) is 74.0 Å². The quantitative estimate of drug-likeness (QED) is 0.428. The molecule has 0 N–H and O–H groups in total. The first-order valence-corrected chi connectivity index (χ1v) is 5.21. The molecule has 0 spiro atoms. The summed E-state index contributed by atoms with van der Waals surface area (Å²) >= 11 is 0. The summed E-state index contributed by atoms with van der Waals surface area (Å²) in [4.78, 5) is 47.5. The average molecular weight is 258 g/mol. The molecule has 0 aromatic carbocycles. The van der Waals surface area contributed by atoms with Gasteiger partial charge in [0.2, 0.25) is 0 Å². The van der Waals surface area contributed by atoms with E-state index in [1.165, 1.54) is 14.2 Å². The number of esters is 2. The van der Waals surface area contributed by atoms with E-state index in [1.54, 1.807) is 0 Å². The Morgan fingerprint density at radius 2 is 1.28 bits per heavy atom. The van der Waals surface area contributed by atoms with Crippen molar-refractivity contribution in [3.63, 3.8) is 0 Å². The lowest BCUT2D eigenvalue weighted by molar-refractivity contribution is -0.161. The second-order valence-electron chi connectivity index (χ2n) is 3.61. The third-order valence-corrected chi connectivity index (χ3v) is 2.49. The van der Waals surface area contributed by atoms with Gasteiger partial charge in [-0.25, -0.2) is 0 Å². The number of carbonyl (C=O) groups is 4. The van der Waals surface area contributed by atoms with Gasteiger partial charge < -0.3 is 19.3 Å². The predicted molar refractivity (Wildman–Crippen MR) is 57.2 cm³/mol. The lowest BCUT2D eigenvalue weighted by Gasteiger charge is -2.32. The van der Waals surface area contributed by atoms with Gasteiger partial charge in [-0.05, 0) is 0 Å². The van der Waals surface area contributed by atoms with Crippen molar-refractivity contribution in [1.29, 1.82) is 0 Å². The van der Waals surface area contributed by atoms with E-state index in [9.17, 15) is 19.2 Å². The van der Waals surface area contributed by atoms with Gasteiger partial charge in [0.25, 0.3) is 0 Å². The Bertz CT molecular complexity index is 345. The van der Waals surface area contributed by atoms with E-state index in [1.807, 2.05) is 0 Å². The molecule has 100 valence electrons. The van der Waals surface area contributed by atoms with Crippen LogP contribution in [0.3, 0.4) is 0 Å². The number of amides is 2. The van der Waals surface area contributed by atoms with Crippen LogP contribution in [0.2, 0.25) is 0 Å². The number of nitrogens with zero attached hydrogens (tertiary/aromatic N) is 2. The van der Waals surface area contributed by atoms with E-state index in [-0.39, 0.29) is 26.2 Å². The molecule has 0 unspecified atom stereocenters. The minimum Gasteiger partial charge on any atom is -0.468 e. The number of piperazine rings is 1. The van der Waals surface area contributed by atoms with Crippen LogP contribution in [0.5, 0.6) is 0 Å². The Kier molecular flexibility index (Phi) is 4.64. The van der Waals surface area contributed by atoms with Crippen molar-refractivity contribution in [3.05, 3.63) is 0 Å². The molecule has 8 nitrogen and oxygen atoms in total. The van der Waals surface area contributed by atoms with Crippen LogP contribution >= 0.6 is 0 Å². The third kappa shape index (κ3) is 3.19. The highest BCUT2D eigenvalue weighted by Gasteiger charge is 2.34. The Labute approximate surface area is 103 Å². The van der Waals surface area contributed by atoms with Gasteiger partial charge in [0.1, 0.15) is 13.1 Å². The van der Waals surface area contributed by atoms with Gasteiger partial charge >= 0.3 is 23.8 Å². The SMILES string of the molecule is COC(=O)CN1CCN(CC(=O)OC)C(=O)C1=O. The Hall–Kier alpha value is -2.12. The Morgan fingerprint density at radius 3 is 1.56 bits per heavy atom. The maximum atomic E-state index is 11.6. The van der Waals surface area contributed by atoms with Gasteiger partial charge in [-0.15, -0.1) is 0 Å². The molecular formula is C10H14N2O6. The fraction of sp³-hybridized carbons (Fsp3) is 0.600. The molecule has 2 amide bonds. The van der Waals surface area contributed by atoms with Crippen molar-refractivity contribution in [2.24, 2.45) is 0 Å². The fourth-order valence-corrected chi connectivity index (χ4v) is 1.46. The van der Waals surface area contributed by atoms with E-state index in [0.29, 0.717) is 0 Å². The van der Waals surface area contributed by atoms with Crippen LogP contribution in [0.1, 0.15) is 0 Å². The molecule has 1 aliphatic heterocycles. The maximum Gasteiger partial charge on any atom is 0.325 e. The van der Waals surface area contributed by atoms with Crippen LogP contribution < -0.4 is 0 Å². The van der Waals surface area contributed by atoms with E-state index in [4.69, 9.17) is 0 Å². The van der Waals surface area contributed by atoms with E-state index >= 15 is 0 Å². The Balaban J connectivity index is 2.60. The molecule has 0 atom stereocenters. The summed E-state index contributed by atoms with van der Waals surface area (Å²) in [5, 5.41) is 0. The molecule has 0 aromatic heterocycles. The van der Waals surface area contributed by atoms with E-state index < -0.39 is 23.8 Å². The van der Waals surface area contributed by atoms with Gasteiger partial charge in [0, 0.05) is 13.1 Å². The number of ether oxygens (including phenoxy) is 2. The number of methoxy groups -OCH3 is 2. The normalized spacial score (nSPS) is 15.7. The minimum atomic E-state index is -0.824. The Morgan fingerprint density at radius 1 is 0.944 bits per heavy atom. The number of hydrogen-bond donors (Lipinski definition) is 0. The fourth-order valence-electron chi connectivity index (χ4n) is 1.46. The number of hydrogen-bond acceptors (Lipinski definition) is 6. The number of rotatable bonds is 4. The molecule has 1 saturated heterocycles. The van der Waals surface area contributed by atoms with Gasteiger partial charge in [-0.2, -0.15) is 0 Å². The zero-order valence-electron chi connectivity index (χ0n) is 10.2. The summed E-state index contributed by atoms with van der Waals surface area (Å²) in [5.41, 5.74) is 0. The summed E-state index contributed by atoms with van der Waals surface area (Å²) in [7, 11) is 2.39. The van der Waals surface area contributed by atoms with Crippen molar-refractivity contribution in [3.8, 4) is 0 Å². The van der Waals surface area contributed by atoms with Crippen LogP contribution in [0.4, 0.5) is 0 Å². The summed E-state index contributed by atoms with van der Waals surface area (Å²) in [5.74, 6) is -2.85. The highest BCUT2D eigenvalue weighted by molar-refractivity contribution is 6.35. The predicted octanol–water partition coefficient (Wildman–Crippen LogP) is -2.00. The van der Waals surface area contributed by atoms with Crippen molar-refractivity contribution in [1.82, 2.24) is 9.80 Å². The molecule has 0 saturated carbocycles.